The number of benzene rings is 2. The van der Waals surface area contributed by atoms with Gasteiger partial charge in [0.25, 0.3) is 0 Å². The quantitative estimate of drug-likeness (QED) is 0.127. The van der Waals surface area contributed by atoms with Crippen LogP contribution >= 0.6 is 0 Å². The molecule has 294 valence electrons. The normalized spacial score (nSPS) is 19.3. The van der Waals surface area contributed by atoms with Crippen LogP contribution in [0, 0.1) is 5.41 Å². The average Bonchev–Trinajstić information content (AvgIpc) is 3.76. The molecule has 2 aromatic carbocycles. The van der Waals surface area contributed by atoms with E-state index < -0.39 is 18.3 Å². The van der Waals surface area contributed by atoms with Crippen LogP contribution in [0.5, 0.6) is 0 Å². The zero-order valence-electron chi connectivity index (χ0n) is 34.3. The molecule has 0 spiro atoms. The van der Waals surface area contributed by atoms with Crippen molar-refractivity contribution in [2.45, 2.75) is 111 Å². The van der Waals surface area contributed by atoms with E-state index in [0.29, 0.717) is 39.3 Å². The van der Waals surface area contributed by atoms with Crippen LogP contribution in [0.25, 0.3) is 22.2 Å². The fourth-order valence-electron chi connectivity index (χ4n) is 7.70. The molecule has 0 radical (unpaired) electrons. The second-order valence-electron chi connectivity index (χ2n) is 17.3. The zero-order chi connectivity index (χ0) is 39.1. The fraction of sp³-hybridized carbons (Fsp3) is 0.545. The Kier molecular flexibility index (Phi) is 11.1. The maximum absolute atomic E-state index is 13.0. The number of pyridine rings is 1. The van der Waals surface area contributed by atoms with E-state index in [9.17, 15) is 4.79 Å². The molecule has 4 heterocycles. The molecule has 55 heavy (non-hydrogen) atoms. The van der Waals surface area contributed by atoms with Gasteiger partial charge in [0, 0.05) is 56.3 Å². The summed E-state index contributed by atoms with van der Waals surface area (Å²) in [6.07, 6.45) is 4.91. The Bertz CT molecular complexity index is 1970. The number of ether oxygens (including phenoxy) is 3. The highest BCUT2D eigenvalue weighted by Crippen LogP contribution is 2.51. The van der Waals surface area contributed by atoms with Crippen LogP contribution in [0.1, 0.15) is 91.2 Å². The summed E-state index contributed by atoms with van der Waals surface area (Å²) in [4.78, 5) is 22.3. The SMILES string of the molecule is CO[C@@H](C)c1ncc(N2CCN(C(=O)OCc3ccccc3)CC2)cc1-c1c(CC2(C)CC2)c2cc(B3OC(C)(C)C(C)(C)O3)ccc2n1CCOC(C)C. The highest BCUT2D eigenvalue weighted by Gasteiger charge is 2.52. The molecule has 0 N–H and O–H groups in total. The van der Waals surface area contributed by atoms with Crippen LogP contribution in [-0.2, 0) is 43.1 Å². The third-order valence-electron chi connectivity index (χ3n) is 12.2. The van der Waals surface area contributed by atoms with E-state index in [1.807, 2.05) is 36.5 Å². The Hall–Kier alpha value is -3.90. The standard InChI is InChI=1S/C44H59BN4O6/c1-30(2)52-24-23-49-38-16-15-33(45-54-42(4,5)43(6,7)55-45)25-35(38)37(27-44(8)17-18-44)40(49)36-26-34(28-46-39(36)31(3)51-9)47-19-21-48(22-20-47)41(50)53-29-32-13-11-10-12-14-32/h10-16,25-26,28,30-31H,17-24,27,29H2,1-9H3/t31-/m0/s1. The smallest absolute Gasteiger partial charge is 0.445 e. The molecule has 1 atom stereocenters. The molecule has 3 fully saturated rings. The third-order valence-corrected chi connectivity index (χ3v) is 12.2. The van der Waals surface area contributed by atoms with Crippen molar-refractivity contribution in [2.24, 2.45) is 5.41 Å². The number of amides is 1. The Labute approximate surface area is 327 Å². The predicted octanol–water partition coefficient (Wildman–Crippen LogP) is 7.94. The lowest BCUT2D eigenvalue weighted by Crippen LogP contribution is -2.49. The molecule has 0 bridgehead atoms. The van der Waals surface area contributed by atoms with E-state index in [1.165, 1.54) is 23.8 Å². The number of piperazine rings is 1. The molecule has 10 nitrogen and oxygen atoms in total. The van der Waals surface area contributed by atoms with Crippen molar-refractivity contribution in [2.75, 3.05) is 44.8 Å². The number of nitrogens with zero attached hydrogens (tertiary/aromatic N) is 4. The summed E-state index contributed by atoms with van der Waals surface area (Å²) >= 11 is 0. The van der Waals surface area contributed by atoms with Gasteiger partial charge in [-0.05, 0) is 102 Å². The molecular weight excluding hydrogens is 691 g/mol. The van der Waals surface area contributed by atoms with Gasteiger partial charge in [-0.15, -0.1) is 0 Å². The number of carbonyl (C=O) groups is 1. The number of aromatic nitrogens is 2. The molecule has 1 amide bonds. The molecule has 11 heteroatoms. The first-order chi connectivity index (χ1) is 26.2. The van der Waals surface area contributed by atoms with E-state index >= 15 is 0 Å². The molecule has 2 saturated heterocycles. The van der Waals surface area contributed by atoms with Gasteiger partial charge in [-0.3, -0.25) is 4.98 Å². The number of rotatable bonds is 13. The van der Waals surface area contributed by atoms with E-state index in [4.69, 9.17) is 28.5 Å². The summed E-state index contributed by atoms with van der Waals surface area (Å²) in [5, 5.41) is 1.21. The minimum Gasteiger partial charge on any atom is -0.445 e. The van der Waals surface area contributed by atoms with Crippen molar-refractivity contribution in [1.82, 2.24) is 14.5 Å². The lowest BCUT2D eigenvalue weighted by molar-refractivity contribution is 0.00578. The van der Waals surface area contributed by atoms with Crippen LogP contribution in [0.2, 0.25) is 0 Å². The number of hydrogen-bond acceptors (Lipinski definition) is 8. The maximum Gasteiger partial charge on any atom is 0.494 e. The lowest BCUT2D eigenvalue weighted by atomic mass is 9.78. The minimum absolute atomic E-state index is 0.119. The Morgan fingerprint density at radius 1 is 0.927 bits per heavy atom. The van der Waals surface area contributed by atoms with Gasteiger partial charge < -0.3 is 37.9 Å². The Morgan fingerprint density at radius 2 is 1.62 bits per heavy atom. The second kappa shape index (κ2) is 15.6. The van der Waals surface area contributed by atoms with Crippen molar-refractivity contribution in [1.29, 1.82) is 0 Å². The van der Waals surface area contributed by atoms with Crippen molar-refractivity contribution >= 4 is 35.3 Å². The molecule has 0 unspecified atom stereocenters. The lowest BCUT2D eigenvalue weighted by Gasteiger charge is -2.35. The van der Waals surface area contributed by atoms with Gasteiger partial charge in [0.15, 0.2) is 0 Å². The maximum atomic E-state index is 13.0. The van der Waals surface area contributed by atoms with E-state index in [2.05, 4.69) is 89.1 Å². The van der Waals surface area contributed by atoms with E-state index in [0.717, 1.165) is 45.6 Å². The van der Waals surface area contributed by atoms with Crippen molar-refractivity contribution < 1.29 is 28.3 Å². The highest BCUT2D eigenvalue weighted by atomic mass is 16.7. The number of anilines is 1. The van der Waals surface area contributed by atoms with Crippen LogP contribution in [0.3, 0.4) is 0 Å². The summed E-state index contributed by atoms with van der Waals surface area (Å²) in [6, 6.07) is 18.8. The molecule has 2 aromatic heterocycles. The van der Waals surface area contributed by atoms with Gasteiger partial charge in [-0.25, -0.2) is 4.79 Å². The summed E-state index contributed by atoms with van der Waals surface area (Å²) in [5.74, 6) is 0. The Balaban J connectivity index is 1.27. The van der Waals surface area contributed by atoms with Crippen LogP contribution in [0.4, 0.5) is 10.5 Å². The number of carbonyl (C=O) groups excluding carboxylic acids is 1. The van der Waals surface area contributed by atoms with Crippen molar-refractivity contribution in [3.8, 4) is 11.3 Å². The topological polar surface area (TPSA) is 87.5 Å². The van der Waals surface area contributed by atoms with Gasteiger partial charge in [-0.2, -0.15) is 0 Å². The molecular formula is C44H59BN4O6. The molecule has 3 aliphatic rings. The van der Waals surface area contributed by atoms with Gasteiger partial charge in [0.05, 0.1) is 53.3 Å². The highest BCUT2D eigenvalue weighted by molar-refractivity contribution is 6.62. The van der Waals surface area contributed by atoms with E-state index in [-0.39, 0.29) is 30.3 Å². The predicted molar refractivity (Wildman–Crippen MR) is 219 cm³/mol. The van der Waals surface area contributed by atoms with Crippen LogP contribution in [0.15, 0.2) is 60.8 Å². The van der Waals surface area contributed by atoms with Crippen molar-refractivity contribution in [3.63, 3.8) is 0 Å². The largest absolute Gasteiger partial charge is 0.494 e. The summed E-state index contributed by atoms with van der Waals surface area (Å²) in [7, 11) is 1.29. The minimum atomic E-state index is -0.460. The molecule has 1 aliphatic carbocycles. The zero-order valence-corrected chi connectivity index (χ0v) is 34.3. The molecule has 4 aromatic rings. The van der Waals surface area contributed by atoms with Crippen LogP contribution in [-0.4, -0.2) is 84.9 Å². The number of fused-ring (bicyclic) bond motifs is 1. The molecule has 2 aliphatic heterocycles. The summed E-state index contributed by atoms with van der Waals surface area (Å²) in [6.45, 7) is 21.1. The average molecular weight is 751 g/mol. The van der Waals surface area contributed by atoms with Gasteiger partial charge in [0.1, 0.15) is 6.61 Å². The van der Waals surface area contributed by atoms with Gasteiger partial charge >= 0.3 is 13.2 Å². The van der Waals surface area contributed by atoms with Crippen LogP contribution < -0.4 is 10.4 Å². The van der Waals surface area contributed by atoms with Gasteiger partial charge in [-0.1, -0.05) is 49.4 Å². The summed E-state index contributed by atoms with van der Waals surface area (Å²) in [5.41, 5.74) is 7.98. The second-order valence-corrected chi connectivity index (χ2v) is 17.3. The fourth-order valence-corrected chi connectivity index (χ4v) is 7.70. The first-order valence-electron chi connectivity index (χ1n) is 20.0. The number of methoxy groups -OCH3 is 1. The summed E-state index contributed by atoms with van der Waals surface area (Å²) < 4.78 is 33.4. The molecule has 7 rings (SSSR count). The van der Waals surface area contributed by atoms with E-state index in [1.54, 1.807) is 12.0 Å². The first kappa shape index (κ1) is 39.3. The third kappa shape index (κ3) is 8.31. The monoisotopic (exact) mass is 750 g/mol. The van der Waals surface area contributed by atoms with Gasteiger partial charge in [0.2, 0.25) is 0 Å². The van der Waals surface area contributed by atoms with Crippen molar-refractivity contribution in [3.05, 3.63) is 77.6 Å². The Morgan fingerprint density at radius 3 is 2.25 bits per heavy atom. The molecule has 1 saturated carbocycles. The first-order valence-corrected chi connectivity index (χ1v) is 20.0. The number of hydrogen-bond donors (Lipinski definition) is 0.